The molecule has 0 aliphatic rings. The summed E-state index contributed by atoms with van der Waals surface area (Å²) in [5.74, 6) is 0.958. The Hall–Kier alpha value is -1.36. The number of rotatable bonds is 6. The summed E-state index contributed by atoms with van der Waals surface area (Å²) in [6.07, 6.45) is 5.93. The van der Waals surface area contributed by atoms with Crippen molar-refractivity contribution in [3.05, 3.63) is 28.5 Å². The lowest BCUT2D eigenvalue weighted by molar-refractivity contribution is 0.682. The van der Waals surface area contributed by atoms with Gasteiger partial charge in [-0.3, -0.25) is 0 Å². The van der Waals surface area contributed by atoms with Crippen molar-refractivity contribution in [2.75, 3.05) is 11.9 Å². The Morgan fingerprint density at radius 3 is 3.06 bits per heavy atom. The van der Waals surface area contributed by atoms with Gasteiger partial charge in [-0.25, -0.2) is 9.97 Å². The van der Waals surface area contributed by atoms with Crippen LogP contribution in [0.3, 0.4) is 0 Å². The van der Waals surface area contributed by atoms with Crippen molar-refractivity contribution < 1.29 is 0 Å². The topological polar surface area (TPSA) is 42.7 Å². The second-order valence-electron chi connectivity index (χ2n) is 4.00. The van der Waals surface area contributed by atoms with Crippen LogP contribution in [0.25, 0.3) is 0 Å². The van der Waals surface area contributed by atoms with E-state index in [0.29, 0.717) is 0 Å². The van der Waals surface area contributed by atoms with E-state index in [1.165, 1.54) is 5.01 Å². The number of nitrogens with one attached hydrogen (secondary N) is 1. The summed E-state index contributed by atoms with van der Waals surface area (Å²) < 4.78 is 2.15. The molecule has 0 aliphatic carbocycles. The highest BCUT2D eigenvalue weighted by Gasteiger charge is 2.02. The minimum absolute atomic E-state index is 0.883. The van der Waals surface area contributed by atoms with Crippen molar-refractivity contribution >= 4 is 17.3 Å². The monoisotopic (exact) mass is 250 g/mol. The van der Waals surface area contributed by atoms with E-state index < -0.39 is 0 Å². The highest BCUT2D eigenvalue weighted by molar-refractivity contribution is 7.09. The molecular formula is C12H18N4S. The van der Waals surface area contributed by atoms with E-state index in [2.05, 4.69) is 32.2 Å². The number of aryl methyl sites for hydroxylation is 2. The number of thiazole rings is 1. The fourth-order valence-corrected chi connectivity index (χ4v) is 2.47. The molecule has 0 saturated heterocycles. The molecule has 92 valence electrons. The van der Waals surface area contributed by atoms with E-state index in [9.17, 15) is 0 Å². The Kier molecular flexibility index (Phi) is 4.14. The van der Waals surface area contributed by atoms with Crippen LogP contribution in [0.1, 0.15) is 24.0 Å². The number of hydrogen-bond acceptors (Lipinski definition) is 4. The van der Waals surface area contributed by atoms with Crippen LogP contribution in [0.15, 0.2) is 17.8 Å². The third-order valence-electron chi connectivity index (χ3n) is 2.47. The van der Waals surface area contributed by atoms with E-state index in [1.54, 1.807) is 11.3 Å². The Morgan fingerprint density at radius 1 is 1.47 bits per heavy atom. The third kappa shape index (κ3) is 3.30. The normalized spacial score (nSPS) is 10.7. The van der Waals surface area contributed by atoms with Crippen molar-refractivity contribution in [2.24, 2.45) is 0 Å². The molecule has 0 aliphatic heterocycles. The zero-order chi connectivity index (χ0) is 12.1. The fraction of sp³-hybridized carbons (Fsp3) is 0.500. The smallest absolute Gasteiger partial charge is 0.202 e. The molecule has 2 rings (SSSR count). The van der Waals surface area contributed by atoms with Gasteiger partial charge in [-0.15, -0.1) is 11.3 Å². The number of aromatic nitrogens is 3. The molecule has 2 heterocycles. The lowest BCUT2D eigenvalue weighted by atomic mass is 10.4. The molecule has 5 heteroatoms. The molecule has 0 unspecified atom stereocenters. The van der Waals surface area contributed by atoms with E-state index >= 15 is 0 Å². The first kappa shape index (κ1) is 12.1. The third-order valence-corrected chi connectivity index (χ3v) is 3.49. The zero-order valence-electron chi connectivity index (χ0n) is 10.3. The van der Waals surface area contributed by atoms with E-state index in [-0.39, 0.29) is 0 Å². The first-order valence-electron chi connectivity index (χ1n) is 5.95. The van der Waals surface area contributed by atoms with Crippen LogP contribution in [0.4, 0.5) is 5.95 Å². The summed E-state index contributed by atoms with van der Waals surface area (Å²) in [4.78, 5) is 8.75. The number of imidazole rings is 1. The average molecular weight is 250 g/mol. The summed E-state index contributed by atoms with van der Waals surface area (Å²) in [6.45, 7) is 6.09. The summed E-state index contributed by atoms with van der Waals surface area (Å²) in [5.41, 5.74) is 1.11. The van der Waals surface area contributed by atoms with Gasteiger partial charge < -0.3 is 9.88 Å². The van der Waals surface area contributed by atoms with Crippen LogP contribution in [0.5, 0.6) is 0 Å². The molecule has 0 saturated carbocycles. The van der Waals surface area contributed by atoms with Crippen LogP contribution in [0.2, 0.25) is 0 Å². The molecule has 4 nitrogen and oxygen atoms in total. The molecular weight excluding hydrogens is 232 g/mol. The summed E-state index contributed by atoms with van der Waals surface area (Å²) in [7, 11) is 0. The van der Waals surface area contributed by atoms with Gasteiger partial charge in [0.15, 0.2) is 0 Å². The van der Waals surface area contributed by atoms with Gasteiger partial charge >= 0.3 is 0 Å². The van der Waals surface area contributed by atoms with Gasteiger partial charge in [0.2, 0.25) is 5.95 Å². The average Bonchev–Trinajstić information content (AvgIpc) is 2.90. The van der Waals surface area contributed by atoms with Gasteiger partial charge in [-0.2, -0.15) is 0 Å². The van der Waals surface area contributed by atoms with Crippen molar-refractivity contribution in [1.82, 2.24) is 14.5 Å². The minimum atomic E-state index is 0.883. The fourth-order valence-electron chi connectivity index (χ4n) is 1.70. The summed E-state index contributed by atoms with van der Waals surface area (Å²) in [6, 6.07) is 0. The van der Waals surface area contributed by atoms with Crippen LogP contribution < -0.4 is 5.32 Å². The second-order valence-corrected chi connectivity index (χ2v) is 4.95. The van der Waals surface area contributed by atoms with Gasteiger partial charge in [0.1, 0.15) is 0 Å². The Labute approximate surface area is 106 Å². The molecule has 0 amide bonds. The highest BCUT2D eigenvalue weighted by Crippen LogP contribution is 2.10. The number of anilines is 1. The molecule has 0 aromatic carbocycles. The van der Waals surface area contributed by atoms with Gasteiger partial charge in [0, 0.05) is 43.0 Å². The van der Waals surface area contributed by atoms with Crippen molar-refractivity contribution in [2.45, 2.75) is 33.2 Å². The van der Waals surface area contributed by atoms with E-state index in [0.717, 1.165) is 37.6 Å². The van der Waals surface area contributed by atoms with Gasteiger partial charge in [0.05, 0.1) is 5.01 Å². The molecule has 0 bridgehead atoms. The molecule has 0 spiro atoms. The predicted molar refractivity (Wildman–Crippen MR) is 71.6 cm³/mol. The first-order chi connectivity index (χ1) is 8.29. The largest absolute Gasteiger partial charge is 0.355 e. The van der Waals surface area contributed by atoms with Crippen molar-refractivity contribution in [3.63, 3.8) is 0 Å². The Morgan fingerprint density at radius 2 is 2.35 bits per heavy atom. The Balaban J connectivity index is 1.83. The molecule has 0 fully saturated rings. The molecule has 1 N–H and O–H groups in total. The maximum Gasteiger partial charge on any atom is 0.202 e. The lowest BCUT2D eigenvalue weighted by Gasteiger charge is -2.07. The highest BCUT2D eigenvalue weighted by atomic mass is 32.1. The zero-order valence-corrected chi connectivity index (χ0v) is 11.1. The lowest BCUT2D eigenvalue weighted by Crippen LogP contribution is -2.10. The second kappa shape index (κ2) is 5.82. The van der Waals surface area contributed by atoms with E-state index in [1.807, 2.05) is 19.3 Å². The molecule has 17 heavy (non-hydrogen) atoms. The van der Waals surface area contributed by atoms with Gasteiger partial charge in [-0.1, -0.05) is 6.92 Å². The maximum atomic E-state index is 4.44. The Bertz CT molecular complexity index is 461. The first-order valence-corrected chi connectivity index (χ1v) is 6.83. The standard InChI is InChI=1S/C12H18N4S/c1-3-7-16-8-6-14-12(16)13-5-4-11-15-10(2)9-17-11/h6,8-9H,3-5,7H2,1-2H3,(H,13,14). The van der Waals surface area contributed by atoms with E-state index in [4.69, 9.17) is 0 Å². The van der Waals surface area contributed by atoms with Crippen LogP contribution >= 0.6 is 11.3 Å². The quantitative estimate of drug-likeness (QED) is 0.857. The predicted octanol–water partition coefficient (Wildman–Crippen LogP) is 2.71. The van der Waals surface area contributed by atoms with Crippen molar-refractivity contribution in [1.29, 1.82) is 0 Å². The summed E-state index contributed by atoms with van der Waals surface area (Å²) in [5, 5.41) is 6.63. The maximum absolute atomic E-state index is 4.44. The van der Waals surface area contributed by atoms with Crippen LogP contribution in [0, 0.1) is 6.92 Å². The van der Waals surface area contributed by atoms with Crippen LogP contribution in [-0.4, -0.2) is 21.1 Å². The molecule has 2 aromatic rings. The van der Waals surface area contributed by atoms with Gasteiger partial charge in [0.25, 0.3) is 0 Å². The SMILES string of the molecule is CCCn1ccnc1NCCc1nc(C)cs1. The molecule has 0 radical (unpaired) electrons. The van der Waals surface area contributed by atoms with Crippen LogP contribution in [-0.2, 0) is 13.0 Å². The number of nitrogens with zero attached hydrogens (tertiary/aromatic N) is 3. The number of hydrogen-bond donors (Lipinski definition) is 1. The van der Waals surface area contributed by atoms with Gasteiger partial charge in [-0.05, 0) is 13.3 Å². The molecule has 0 atom stereocenters. The summed E-state index contributed by atoms with van der Waals surface area (Å²) >= 11 is 1.72. The van der Waals surface area contributed by atoms with Crippen molar-refractivity contribution in [3.8, 4) is 0 Å². The molecule has 2 aromatic heterocycles. The minimum Gasteiger partial charge on any atom is -0.355 e.